The number of carbonyl (C=O) groups is 1. The van der Waals surface area contributed by atoms with Crippen LogP contribution >= 0.6 is 11.8 Å². The van der Waals surface area contributed by atoms with Gasteiger partial charge in [-0.05, 0) is 24.3 Å². The van der Waals surface area contributed by atoms with Crippen LogP contribution in [0.2, 0.25) is 0 Å². The summed E-state index contributed by atoms with van der Waals surface area (Å²) in [6, 6.07) is 17.4. The third kappa shape index (κ3) is 2.88. The molecule has 3 heteroatoms. The fourth-order valence-electron chi connectivity index (χ4n) is 1.45. The largest absolute Gasteiger partial charge is 0.465 e. The quantitative estimate of drug-likeness (QED) is 0.771. The van der Waals surface area contributed by atoms with E-state index in [1.165, 1.54) is 7.11 Å². The van der Waals surface area contributed by atoms with E-state index in [-0.39, 0.29) is 5.97 Å². The molecule has 0 heterocycles. The molecule has 0 amide bonds. The molecule has 0 spiro atoms. The molecule has 0 N–H and O–H groups in total. The second kappa shape index (κ2) is 5.55. The molecule has 0 fully saturated rings. The number of ether oxygens (including phenoxy) is 1. The van der Waals surface area contributed by atoms with Crippen LogP contribution < -0.4 is 0 Å². The lowest BCUT2D eigenvalue weighted by Crippen LogP contribution is -2.02. The maximum atomic E-state index is 11.6. The Morgan fingerprint density at radius 1 is 1.00 bits per heavy atom. The molecule has 2 rings (SSSR count). The van der Waals surface area contributed by atoms with Crippen LogP contribution in [0.5, 0.6) is 0 Å². The maximum absolute atomic E-state index is 11.6. The third-order valence-electron chi connectivity index (χ3n) is 2.26. The van der Waals surface area contributed by atoms with Crippen LogP contribution in [0.25, 0.3) is 0 Å². The summed E-state index contributed by atoms with van der Waals surface area (Å²) >= 11 is 1.56. The van der Waals surface area contributed by atoms with Crippen molar-refractivity contribution in [2.45, 2.75) is 9.79 Å². The molecule has 0 radical (unpaired) electrons. The summed E-state index contributed by atoms with van der Waals surface area (Å²) in [5.74, 6) is -0.302. The third-order valence-corrected chi connectivity index (χ3v) is 3.35. The summed E-state index contributed by atoms with van der Waals surface area (Å²) in [4.78, 5) is 13.6. The van der Waals surface area contributed by atoms with E-state index in [1.54, 1.807) is 17.8 Å². The highest BCUT2D eigenvalue weighted by atomic mass is 32.2. The number of esters is 1. The minimum absolute atomic E-state index is 0.302. The fraction of sp³-hybridized carbons (Fsp3) is 0.0714. The first-order chi connectivity index (χ1) is 8.31. The Morgan fingerprint density at radius 2 is 1.65 bits per heavy atom. The van der Waals surface area contributed by atoms with Gasteiger partial charge in [-0.3, -0.25) is 0 Å². The van der Waals surface area contributed by atoms with Crippen LogP contribution in [0.3, 0.4) is 0 Å². The summed E-state index contributed by atoms with van der Waals surface area (Å²) in [5.41, 5.74) is 0.601. The molecule has 0 saturated carbocycles. The van der Waals surface area contributed by atoms with Gasteiger partial charge in [-0.15, -0.1) is 0 Å². The zero-order valence-electron chi connectivity index (χ0n) is 9.42. The van der Waals surface area contributed by atoms with Crippen LogP contribution in [0.1, 0.15) is 10.4 Å². The van der Waals surface area contributed by atoms with Crippen LogP contribution in [0.15, 0.2) is 64.4 Å². The van der Waals surface area contributed by atoms with Crippen molar-refractivity contribution < 1.29 is 9.53 Å². The Labute approximate surface area is 105 Å². The van der Waals surface area contributed by atoms with Gasteiger partial charge in [0.25, 0.3) is 0 Å². The van der Waals surface area contributed by atoms with Crippen LogP contribution in [-0.4, -0.2) is 13.1 Å². The summed E-state index contributed by atoms with van der Waals surface area (Å²) in [5, 5.41) is 0. The first kappa shape index (κ1) is 11.7. The molecule has 2 nitrogen and oxygen atoms in total. The van der Waals surface area contributed by atoms with Crippen molar-refractivity contribution >= 4 is 17.7 Å². The first-order valence-corrected chi connectivity index (χ1v) is 6.03. The van der Waals surface area contributed by atoms with E-state index in [4.69, 9.17) is 4.74 Å². The van der Waals surface area contributed by atoms with Gasteiger partial charge >= 0.3 is 5.97 Å². The lowest BCUT2D eigenvalue weighted by atomic mass is 10.2. The lowest BCUT2D eigenvalue weighted by molar-refractivity contribution is 0.0597. The van der Waals surface area contributed by atoms with Crippen molar-refractivity contribution in [3.63, 3.8) is 0 Å². The molecule has 0 bridgehead atoms. The number of carbonyl (C=O) groups excluding carboxylic acids is 1. The molecular weight excluding hydrogens is 232 g/mol. The van der Waals surface area contributed by atoms with Crippen LogP contribution in [0.4, 0.5) is 0 Å². The molecule has 2 aromatic rings. The molecule has 0 aromatic heterocycles. The highest BCUT2D eigenvalue weighted by Crippen LogP contribution is 2.30. The van der Waals surface area contributed by atoms with Crippen molar-refractivity contribution in [3.05, 3.63) is 60.2 Å². The minimum atomic E-state index is -0.302. The highest BCUT2D eigenvalue weighted by molar-refractivity contribution is 7.99. The fourth-order valence-corrected chi connectivity index (χ4v) is 2.40. The van der Waals surface area contributed by atoms with E-state index in [2.05, 4.69) is 0 Å². The smallest absolute Gasteiger partial charge is 0.339 e. The lowest BCUT2D eigenvalue weighted by Gasteiger charge is -2.06. The molecular formula is C14H12O2S. The van der Waals surface area contributed by atoms with Gasteiger partial charge in [0.2, 0.25) is 0 Å². The van der Waals surface area contributed by atoms with E-state index in [9.17, 15) is 4.79 Å². The predicted molar refractivity (Wildman–Crippen MR) is 68.3 cm³/mol. The van der Waals surface area contributed by atoms with Gasteiger partial charge in [0.1, 0.15) is 0 Å². The monoisotopic (exact) mass is 244 g/mol. The number of benzene rings is 2. The summed E-state index contributed by atoms with van der Waals surface area (Å²) in [6.07, 6.45) is 0. The SMILES string of the molecule is COC(=O)c1ccccc1Sc1ccccc1. The summed E-state index contributed by atoms with van der Waals surface area (Å²) in [7, 11) is 1.40. The topological polar surface area (TPSA) is 26.3 Å². The number of hydrogen-bond donors (Lipinski definition) is 0. The van der Waals surface area contributed by atoms with Crippen molar-refractivity contribution in [2.75, 3.05) is 7.11 Å². The maximum Gasteiger partial charge on any atom is 0.339 e. The highest BCUT2D eigenvalue weighted by Gasteiger charge is 2.11. The number of methoxy groups -OCH3 is 1. The van der Waals surface area contributed by atoms with Gasteiger partial charge in [0.15, 0.2) is 0 Å². The Bertz CT molecular complexity index is 509. The van der Waals surface area contributed by atoms with Crippen molar-refractivity contribution in [2.24, 2.45) is 0 Å². The Kier molecular flexibility index (Phi) is 3.83. The van der Waals surface area contributed by atoms with Crippen LogP contribution in [0, 0.1) is 0 Å². The van der Waals surface area contributed by atoms with Gasteiger partial charge in [-0.1, -0.05) is 42.1 Å². The Morgan fingerprint density at radius 3 is 2.35 bits per heavy atom. The Hall–Kier alpha value is -1.74. The molecule has 86 valence electrons. The molecule has 0 unspecified atom stereocenters. The van der Waals surface area contributed by atoms with Gasteiger partial charge in [-0.2, -0.15) is 0 Å². The van der Waals surface area contributed by atoms with Crippen molar-refractivity contribution in [1.29, 1.82) is 0 Å². The van der Waals surface area contributed by atoms with Gasteiger partial charge in [-0.25, -0.2) is 4.79 Å². The second-order valence-corrected chi connectivity index (χ2v) is 4.52. The molecule has 0 aliphatic rings. The van der Waals surface area contributed by atoms with Crippen LogP contribution in [-0.2, 0) is 4.74 Å². The van der Waals surface area contributed by atoms with E-state index in [0.717, 1.165) is 9.79 Å². The second-order valence-electron chi connectivity index (χ2n) is 3.40. The zero-order chi connectivity index (χ0) is 12.1. The van der Waals surface area contributed by atoms with E-state index in [0.29, 0.717) is 5.56 Å². The van der Waals surface area contributed by atoms with E-state index in [1.807, 2.05) is 48.5 Å². The average Bonchev–Trinajstić information content (AvgIpc) is 2.40. The van der Waals surface area contributed by atoms with Gasteiger partial charge < -0.3 is 4.74 Å². The average molecular weight is 244 g/mol. The molecule has 0 aliphatic heterocycles. The summed E-state index contributed by atoms with van der Waals surface area (Å²) in [6.45, 7) is 0. The number of rotatable bonds is 3. The van der Waals surface area contributed by atoms with Crippen molar-refractivity contribution in [3.8, 4) is 0 Å². The van der Waals surface area contributed by atoms with E-state index >= 15 is 0 Å². The molecule has 0 aliphatic carbocycles. The minimum Gasteiger partial charge on any atom is -0.465 e. The zero-order valence-corrected chi connectivity index (χ0v) is 10.2. The predicted octanol–water partition coefficient (Wildman–Crippen LogP) is 3.62. The molecule has 2 aromatic carbocycles. The molecule has 0 saturated heterocycles. The summed E-state index contributed by atoms with van der Waals surface area (Å²) < 4.78 is 4.76. The first-order valence-electron chi connectivity index (χ1n) is 5.21. The van der Waals surface area contributed by atoms with Crippen molar-refractivity contribution in [1.82, 2.24) is 0 Å². The normalized spacial score (nSPS) is 9.94. The number of hydrogen-bond acceptors (Lipinski definition) is 3. The van der Waals surface area contributed by atoms with E-state index < -0.39 is 0 Å². The molecule has 17 heavy (non-hydrogen) atoms. The Balaban J connectivity index is 2.30. The van der Waals surface area contributed by atoms with Gasteiger partial charge in [0, 0.05) is 9.79 Å². The molecule has 0 atom stereocenters. The van der Waals surface area contributed by atoms with Gasteiger partial charge in [0.05, 0.1) is 12.7 Å². The standard InChI is InChI=1S/C14H12O2S/c1-16-14(15)12-9-5-6-10-13(12)17-11-7-3-2-4-8-11/h2-10H,1H3.